The van der Waals surface area contributed by atoms with Crippen LogP contribution in [0.1, 0.15) is 47.0 Å². The minimum Gasteiger partial charge on any atom is -0.480 e. The Hall–Kier alpha value is -1.85. The summed E-state index contributed by atoms with van der Waals surface area (Å²) in [6.07, 6.45) is 1.44. The van der Waals surface area contributed by atoms with E-state index in [0.717, 1.165) is 0 Å². The van der Waals surface area contributed by atoms with Crippen LogP contribution in [-0.4, -0.2) is 65.3 Å². The van der Waals surface area contributed by atoms with Gasteiger partial charge in [0.25, 0.3) is 0 Å². The van der Waals surface area contributed by atoms with Crippen LogP contribution in [0.5, 0.6) is 0 Å². The summed E-state index contributed by atoms with van der Waals surface area (Å²) in [5.74, 6) is -3.27. The van der Waals surface area contributed by atoms with E-state index in [-0.39, 0.29) is 24.0 Å². The zero-order valence-corrected chi connectivity index (χ0v) is 19.1. The van der Waals surface area contributed by atoms with Gasteiger partial charge in [0.15, 0.2) is 0 Å². The average molecular weight is 448 g/mol. The van der Waals surface area contributed by atoms with Crippen molar-refractivity contribution in [2.24, 2.45) is 23.3 Å². The summed E-state index contributed by atoms with van der Waals surface area (Å²) in [7, 11) is 0. The van der Waals surface area contributed by atoms with Gasteiger partial charge in [-0.3, -0.25) is 14.4 Å². The third-order valence-electron chi connectivity index (χ3n) is 4.59. The summed E-state index contributed by atoms with van der Waals surface area (Å²) in [5.41, 5.74) is 11.1. The second-order valence-electron chi connectivity index (χ2n) is 7.93. The molecule has 0 saturated heterocycles. The Bertz CT molecular complexity index is 588. The van der Waals surface area contributed by atoms with Gasteiger partial charge in [-0.1, -0.05) is 27.7 Å². The minimum absolute atomic E-state index is 0.121. The highest BCUT2D eigenvalue weighted by Gasteiger charge is 2.32. The molecule has 0 aliphatic heterocycles. The Kier molecular flexibility index (Phi) is 13.3. The lowest BCUT2D eigenvalue weighted by atomic mass is 9.99. The fraction of sp³-hybridized carbons (Fsp3) is 0.789. The minimum atomic E-state index is -1.15. The van der Waals surface area contributed by atoms with E-state index in [4.69, 9.17) is 11.5 Å². The number of aliphatic carboxylic acids is 1. The summed E-state index contributed by atoms with van der Waals surface area (Å²) < 4.78 is 0. The molecule has 0 heterocycles. The molecule has 0 aromatic carbocycles. The monoisotopic (exact) mass is 447 g/mol. The second kappa shape index (κ2) is 14.2. The molecule has 4 atom stereocenters. The van der Waals surface area contributed by atoms with E-state index in [0.29, 0.717) is 19.4 Å². The van der Waals surface area contributed by atoms with Crippen LogP contribution in [0.4, 0.5) is 0 Å². The lowest BCUT2D eigenvalue weighted by molar-refractivity contribution is -0.143. The normalized spacial score (nSPS) is 15.2. The molecule has 4 unspecified atom stereocenters. The first-order valence-electron chi connectivity index (χ1n) is 10.2. The summed E-state index contributed by atoms with van der Waals surface area (Å²) in [6.45, 7) is 7.39. The van der Waals surface area contributed by atoms with Crippen LogP contribution in [0.3, 0.4) is 0 Å². The Balaban J connectivity index is 5.25. The molecular weight excluding hydrogens is 410 g/mol. The number of carbonyl (C=O) groups is 4. The highest BCUT2D eigenvalue weighted by atomic mass is 32.1. The van der Waals surface area contributed by atoms with Gasteiger partial charge in [-0.25, -0.2) is 4.79 Å². The van der Waals surface area contributed by atoms with Crippen LogP contribution in [0.15, 0.2) is 0 Å². The number of hydrogen-bond donors (Lipinski definition) is 7. The number of nitrogens with one attached hydrogen (secondary N) is 3. The molecule has 0 rings (SSSR count). The summed E-state index contributed by atoms with van der Waals surface area (Å²) >= 11 is 3.97. The predicted molar refractivity (Wildman–Crippen MR) is 118 cm³/mol. The maximum Gasteiger partial charge on any atom is 0.326 e. The number of thiol groups is 1. The zero-order valence-electron chi connectivity index (χ0n) is 18.2. The van der Waals surface area contributed by atoms with Crippen LogP contribution in [0, 0.1) is 11.8 Å². The first kappa shape index (κ1) is 28.1. The SMILES string of the molecule is CC(C)C(NC(=O)C(N)CS)C(=O)NC(C(=O)NC(CCCCN)C(=O)O)C(C)C. The molecule has 0 aliphatic rings. The topological polar surface area (TPSA) is 177 Å². The third-order valence-corrected chi connectivity index (χ3v) is 4.98. The molecule has 174 valence electrons. The van der Waals surface area contributed by atoms with Crippen molar-refractivity contribution in [3.05, 3.63) is 0 Å². The molecule has 0 saturated carbocycles. The molecular formula is C19H37N5O5S. The van der Waals surface area contributed by atoms with Crippen LogP contribution < -0.4 is 27.4 Å². The van der Waals surface area contributed by atoms with E-state index in [1.165, 1.54) is 0 Å². The lowest BCUT2D eigenvalue weighted by Crippen LogP contribution is -2.59. The molecule has 0 radical (unpaired) electrons. The van der Waals surface area contributed by atoms with Gasteiger partial charge < -0.3 is 32.5 Å². The number of carboxylic acid groups (broad SMARTS) is 1. The Morgan fingerprint density at radius 3 is 1.73 bits per heavy atom. The molecule has 8 N–H and O–H groups in total. The van der Waals surface area contributed by atoms with E-state index >= 15 is 0 Å². The van der Waals surface area contributed by atoms with Gasteiger partial charge in [-0.15, -0.1) is 0 Å². The van der Waals surface area contributed by atoms with Crippen molar-refractivity contribution in [3.63, 3.8) is 0 Å². The van der Waals surface area contributed by atoms with E-state index in [2.05, 4.69) is 28.6 Å². The summed E-state index contributed by atoms with van der Waals surface area (Å²) in [5, 5.41) is 17.1. The lowest BCUT2D eigenvalue weighted by Gasteiger charge is -2.28. The number of rotatable bonds is 14. The van der Waals surface area contributed by atoms with Gasteiger partial charge in [0.1, 0.15) is 18.1 Å². The molecule has 30 heavy (non-hydrogen) atoms. The highest BCUT2D eigenvalue weighted by Crippen LogP contribution is 2.09. The van der Waals surface area contributed by atoms with Gasteiger partial charge in [0.2, 0.25) is 17.7 Å². The first-order chi connectivity index (χ1) is 14.0. The molecule has 0 aliphatic carbocycles. The highest BCUT2D eigenvalue weighted by molar-refractivity contribution is 7.80. The van der Waals surface area contributed by atoms with Crippen molar-refractivity contribution in [1.82, 2.24) is 16.0 Å². The van der Waals surface area contributed by atoms with Gasteiger partial charge in [-0.05, 0) is 37.6 Å². The zero-order chi connectivity index (χ0) is 23.4. The Morgan fingerprint density at radius 1 is 0.867 bits per heavy atom. The number of amides is 3. The number of nitrogens with two attached hydrogens (primary N) is 2. The molecule has 3 amide bonds. The fourth-order valence-electron chi connectivity index (χ4n) is 2.67. The van der Waals surface area contributed by atoms with Crippen LogP contribution in [0.25, 0.3) is 0 Å². The largest absolute Gasteiger partial charge is 0.480 e. The van der Waals surface area contributed by atoms with Crippen molar-refractivity contribution in [2.75, 3.05) is 12.3 Å². The molecule has 0 spiro atoms. The Morgan fingerprint density at radius 2 is 1.33 bits per heavy atom. The Labute approximate surface area is 183 Å². The summed E-state index contributed by atoms with van der Waals surface area (Å²) in [4.78, 5) is 49.0. The second-order valence-corrected chi connectivity index (χ2v) is 8.30. The number of carboxylic acids is 1. The van der Waals surface area contributed by atoms with Crippen LogP contribution in [-0.2, 0) is 19.2 Å². The van der Waals surface area contributed by atoms with Gasteiger partial charge >= 0.3 is 5.97 Å². The van der Waals surface area contributed by atoms with Crippen LogP contribution in [0.2, 0.25) is 0 Å². The third kappa shape index (κ3) is 9.77. The predicted octanol–water partition coefficient (Wildman–Crippen LogP) is -0.776. The fourth-order valence-corrected chi connectivity index (χ4v) is 2.83. The summed E-state index contributed by atoms with van der Waals surface area (Å²) in [6, 6.07) is -3.81. The average Bonchev–Trinajstić information content (AvgIpc) is 2.67. The smallest absolute Gasteiger partial charge is 0.326 e. The van der Waals surface area contributed by atoms with Crippen LogP contribution >= 0.6 is 12.6 Å². The first-order valence-corrected chi connectivity index (χ1v) is 10.8. The van der Waals surface area contributed by atoms with Crippen molar-refractivity contribution in [1.29, 1.82) is 0 Å². The molecule has 0 aromatic heterocycles. The van der Waals surface area contributed by atoms with Gasteiger partial charge in [-0.2, -0.15) is 12.6 Å². The van der Waals surface area contributed by atoms with E-state index in [9.17, 15) is 24.3 Å². The number of carbonyl (C=O) groups excluding carboxylic acids is 3. The van der Waals surface area contributed by atoms with Gasteiger partial charge in [0.05, 0.1) is 6.04 Å². The quantitative estimate of drug-likeness (QED) is 0.135. The number of unbranched alkanes of at least 4 members (excludes halogenated alkanes) is 1. The maximum absolute atomic E-state index is 12.8. The van der Waals surface area contributed by atoms with Crippen molar-refractivity contribution < 1.29 is 24.3 Å². The van der Waals surface area contributed by atoms with E-state index in [1.807, 2.05) is 0 Å². The van der Waals surface area contributed by atoms with Crippen molar-refractivity contribution in [3.8, 4) is 0 Å². The van der Waals surface area contributed by atoms with Crippen molar-refractivity contribution >= 4 is 36.3 Å². The standard InChI is InChI=1S/C19H37N5O5S/c1-10(2)14(17(26)22-13(19(28)29)7-5-6-8-20)24-18(27)15(11(3)4)23-16(25)12(21)9-30/h10-15,30H,5-9,20-21H2,1-4H3,(H,22,26)(H,23,25)(H,24,27)(H,28,29). The van der Waals surface area contributed by atoms with E-state index in [1.54, 1.807) is 27.7 Å². The van der Waals surface area contributed by atoms with Crippen molar-refractivity contribution in [2.45, 2.75) is 71.1 Å². The maximum atomic E-state index is 12.8. The molecule has 0 aromatic rings. The molecule has 0 bridgehead atoms. The molecule has 10 nitrogen and oxygen atoms in total. The van der Waals surface area contributed by atoms with Gasteiger partial charge in [0, 0.05) is 5.75 Å². The number of hydrogen-bond acceptors (Lipinski definition) is 7. The van der Waals surface area contributed by atoms with E-state index < -0.39 is 47.9 Å². The molecule has 0 fully saturated rings. The molecule has 11 heteroatoms.